The van der Waals surface area contributed by atoms with E-state index in [1.165, 1.54) is 19.2 Å². The molecule has 7 heteroatoms. The van der Waals surface area contributed by atoms with Gasteiger partial charge in [0.25, 0.3) is 5.69 Å². The van der Waals surface area contributed by atoms with E-state index in [1.807, 2.05) is 0 Å². The standard InChI is InChI=1S/C13H18N2O5/c1-9-4-5-10(15(17)18)8-11(9)20-7-6-13(2,14)12(16)19-3/h4-5,8H,6-7,14H2,1-3H3. The number of rotatable bonds is 6. The smallest absolute Gasteiger partial charge is 0.325 e. The number of nitrogens with two attached hydrogens (primary N) is 1. The van der Waals surface area contributed by atoms with Crippen molar-refractivity contribution in [1.82, 2.24) is 0 Å². The molecule has 1 rings (SSSR count). The topological polar surface area (TPSA) is 105 Å². The summed E-state index contributed by atoms with van der Waals surface area (Å²) in [5, 5.41) is 10.7. The summed E-state index contributed by atoms with van der Waals surface area (Å²) in [5.41, 5.74) is 5.36. The van der Waals surface area contributed by atoms with E-state index in [1.54, 1.807) is 19.9 Å². The Morgan fingerprint density at radius 2 is 2.15 bits per heavy atom. The third-order valence-electron chi connectivity index (χ3n) is 2.91. The van der Waals surface area contributed by atoms with Crippen LogP contribution in [0.3, 0.4) is 0 Å². The highest BCUT2D eigenvalue weighted by atomic mass is 16.6. The Kier molecular flexibility index (Phi) is 5.04. The van der Waals surface area contributed by atoms with E-state index in [9.17, 15) is 14.9 Å². The van der Waals surface area contributed by atoms with Crippen molar-refractivity contribution in [2.75, 3.05) is 13.7 Å². The Morgan fingerprint density at radius 3 is 2.70 bits per heavy atom. The molecular weight excluding hydrogens is 264 g/mol. The maximum atomic E-state index is 11.4. The van der Waals surface area contributed by atoms with Gasteiger partial charge in [-0.15, -0.1) is 0 Å². The molecule has 0 bridgehead atoms. The van der Waals surface area contributed by atoms with Gasteiger partial charge in [0.05, 0.1) is 24.7 Å². The summed E-state index contributed by atoms with van der Waals surface area (Å²) >= 11 is 0. The summed E-state index contributed by atoms with van der Waals surface area (Å²) in [7, 11) is 1.26. The number of nitro benzene ring substituents is 1. The van der Waals surface area contributed by atoms with Gasteiger partial charge in [-0.05, 0) is 25.5 Å². The third kappa shape index (κ3) is 3.92. The number of carbonyl (C=O) groups excluding carboxylic acids is 1. The van der Waals surface area contributed by atoms with Crippen LogP contribution in [0.1, 0.15) is 18.9 Å². The van der Waals surface area contributed by atoms with E-state index < -0.39 is 16.4 Å². The van der Waals surface area contributed by atoms with Crippen LogP contribution in [-0.2, 0) is 9.53 Å². The lowest BCUT2D eigenvalue weighted by atomic mass is 10.0. The van der Waals surface area contributed by atoms with Crippen LogP contribution in [0.15, 0.2) is 18.2 Å². The Bertz CT molecular complexity index is 513. The molecule has 0 aromatic heterocycles. The number of carbonyl (C=O) groups is 1. The molecule has 0 saturated heterocycles. The molecule has 20 heavy (non-hydrogen) atoms. The van der Waals surface area contributed by atoms with Crippen LogP contribution >= 0.6 is 0 Å². The molecule has 7 nitrogen and oxygen atoms in total. The fraction of sp³-hybridized carbons (Fsp3) is 0.462. The van der Waals surface area contributed by atoms with E-state index in [-0.39, 0.29) is 18.7 Å². The minimum absolute atomic E-state index is 0.0471. The van der Waals surface area contributed by atoms with E-state index in [4.69, 9.17) is 10.5 Å². The first-order chi connectivity index (χ1) is 9.27. The molecule has 1 unspecified atom stereocenters. The van der Waals surface area contributed by atoms with Gasteiger partial charge >= 0.3 is 5.97 Å². The van der Waals surface area contributed by atoms with Gasteiger partial charge in [-0.1, -0.05) is 0 Å². The van der Waals surface area contributed by atoms with Gasteiger partial charge in [0.2, 0.25) is 0 Å². The van der Waals surface area contributed by atoms with Crippen LogP contribution in [0.25, 0.3) is 0 Å². The highest BCUT2D eigenvalue weighted by Gasteiger charge is 2.29. The highest BCUT2D eigenvalue weighted by Crippen LogP contribution is 2.24. The number of hydrogen-bond donors (Lipinski definition) is 1. The molecule has 0 aliphatic rings. The largest absolute Gasteiger partial charge is 0.493 e. The second-order valence-electron chi connectivity index (χ2n) is 4.71. The van der Waals surface area contributed by atoms with Gasteiger partial charge < -0.3 is 15.2 Å². The number of nitro groups is 1. The molecule has 2 N–H and O–H groups in total. The van der Waals surface area contributed by atoms with Crippen molar-refractivity contribution < 1.29 is 19.2 Å². The van der Waals surface area contributed by atoms with Gasteiger partial charge in [-0.3, -0.25) is 14.9 Å². The zero-order chi connectivity index (χ0) is 15.3. The van der Waals surface area contributed by atoms with Gasteiger partial charge in [-0.2, -0.15) is 0 Å². The Balaban J connectivity index is 2.69. The number of esters is 1. The van der Waals surface area contributed by atoms with Gasteiger partial charge in [-0.25, -0.2) is 0 Å². The second kappa shape index (κ2) is 6.33. The first kappa shape index (κ1) is 15.9. The van der Waals surface area contributed by atoms with Crippen LogP contribution in [0.5, 0.6) is 5.75 Å². The predicted molar refractivity (Wildman–Crippen MR) is 72.6 cm³/mol. The number of nitrogens with zero attached hydrogens (tertiary/aromatic N) is 1. The molecule has 0 heterocycles. The number of aryl methyl sites for hydroxylation is 1. The van der Waals surface area contributed by atoms with E-state index >= 15 is 0 Å². The van der Waals surface area contributed by atoms with Crippen LogP contribution in [0, 0.1) is 17.0 Å². The quantitative estimate of drug-likeness (QED) is 0.482. The second-order valence-corrected chi connectivity index (χ2v) is 4.71. The number of hydrogen-bond acceptors (Lipinski definition) is 6. The average molecular weight is 282 g/mol. The number of non-ortho nitro benzene ring substituents is 1. The first-order valence-electron chi connectivity index (χ1n) is 6.03. The molecule has 110 valence electrons. The van der Waals surface area contributed by atoms with Crippen molar-refractivity contribution in [3.8, 4) is 5.75 Å². The Morgan fingerprint density at radius 1 is 1.50 bits per heavy atom. The van der Waals surface area contributed by atoms with Gasteiger partial charge in [0, 0.05) is 12.5 Å². The fourth-order valence-electron chi connectivity index (χ4n) is 1.57. The van der Waals surface area contributed by atoms with E-state index in [0.717, 1.165) is 5.56 Å². The first-order valence-corrected chi connectivity index (χ1v) is 6.03. The third-order valence-corrected chi connectivity index (χ3v) is 2.91. The fourth-order valence-corrected chi connectivity index (χ4v) is 1.57. The SMILES string of the molecule is COC(=O)C(C)(N)CCOc1cc([N+](=O)[O-])ccc1C. The summed E-state index contributed by atoms with van der Waals surface area (Å²) in [4.78, 5) is 21.6. The van der Waals surface area contributed by atoms with Crippen LogP contribution < -0.4 is 10.5 Å². The van der Waals surface area contributed by atoms with Gasteiger partial charge in [0.1, 0.15) is 11.3 Å². The summed E-state index contributed by atoms with van der Waals surface area (Å²) in [5.74, 6) is -0.128. The lowest BCUT2D eigenvalue weighted by Gasteiger charge is -2.21. The highest BCUT2D eigenvalue weighted by molar-refractivity contribution is 5.79. The van der Waals surface area contributed by atoms with Crippen LogP contribution in [-0.4, -0.2) is 30.1 Å². The summed E-state index contributed by atoms with van der Waals surface area (Å²) in [6, 6.07) is 4.36. The molecule has 1 aromatic carbocycles. The number of methoxy groups -OCH3 is 1. The van der Waals surface area contributed by atoms with Crippen molar-refractivity contribution in [3.05, 3.63) is 33.9 Å². The molecule has 0 radical (unpaired) electrons. The van der Waals surface area contributed by atoms with Crippen LogP contribution in [0.4, 0.5) is 5.69 Å². The van der Waals surface area contributed by atoms with E-state index in [2.05, 4.69) is 4.74 Å². The molecule has 0 aliphatic heterocycles. The van der Waals surface area contributed by atoms with Crippen molar-refractivity contribution in [1.29, 1.82) is 0 Å². The molecule has 0 amide bonds. The molecule has 0 spiro atoms. The predicted octanol–water partition coefficient (Wildman–Crippen LogP) is 1.56. The van der Waals surface area contributed by atoms with Crippen molar-refractivity contribution in [2.45, 2.75) is 25.8 Å². The Labute approximate surface area is 116 Å². The molecule has 0 fully saturated rings. The van der Waals surface area contributed by atoms with Crippen molar-refractivity contribution in [3.63, 3.8) is 0 Å². The summed E-state index contributed by atoms with van der Waals surface area (Å²) in [6.45, 7) is 3.48. The zero-order valence-electron chi connectivity index (χ0n) is 11.7. The lowest BCUT2D eigenvalue weighted by Crippen LogP contribution is -2.46. The summed E-state index contributed by atoms with van der Waals surface area (Å²) < 4.78 is 10.0. The normalized spacial score (nSPS) is 13.4. The Hall–Kier alpha value is -2.15. The number of benzene rings is 1. The van der Waals surface area contributed by atoms with Gasteiger partial charge in [0.15, 0.2) is 0 Å². The average Bonchev–Trinajstić information content (AvgIpc) is 2.39. The van der Waals surface area contributed by atoms with E-state index in [0.29, 0.717) is 5.75 Å². The molecule has 0 saturated carbocycles. The van der Waals surface area contributed by atoms with Crippen LogP contribution in [0.2, 0.25) is 0 Å². The molecule has 0 aliphatic carbocycles. The van der Waals surface area contributed by atoms with Crippen molar-refractivity contribution in [2.24, 2.45) is 5.73 Å². The monoisotopic (exact) mass is 282 g/mol. The van der Waals surface area contributed by atoms with Crippen molar-refractivity contribution >= 4 is 11.7 Å². The number of ether oxygens (including phenoxy) is 2. The lowest BCUT2D eigenvalue weighted by molar-refractivity contribution is -0.384. The molecule has 1 aromatic rings. The zero-order valence-corrected chi connectivity index (χ0v) is 11.7. The maximum Gasteiger partial charge on any atom is 0.325 e. The minimum atomic E-state index is -1.15. The molecule has 1 atom stereocenters. The maximum absolute atomic E-state index is 11.4. The minimum Gasteiger partial charge on any atom is -0.493 e. The molecular formula is C13H18N2O5. The summed E-state index contributed by atoms with van der Waals surface area (Å²) in [6.07, 6.45) is 0.238.